The van der Waals surface area contributed by atoms with Gasteiger partial charge in [0.15, 0.2) is 0 Å². The number of nitrogens with two attached hydrogens (primary N) is 1. The van der Waals surface area contributed by atoms with Gasteiger partial charge in [0.2, 0.25) is 0 Å². The van der Waals surface area contributed by atoms with Crippen molar-refractivity contribution in [3.8, 4) is 0 Å². The maximum absolute atomic E-state index is 5.34. The standard InChI is InChI=1S/C8H17NS/c1-8(2)4-7-10-6-3-5-9/h4H,3,5-7,9H2,1-2H3. The smallest absolute Gasteiger partial charge is 0.0115 e. The first kappa shape index (κ1) is 10.0. The molecule has 0 fully saturated rings. The van der Waals surface area contributed by atoms with E-state index < -0.39 is 0 Å². The van der Waals surface area contributed by atoms with E-state index in [2.05, 4.69) is 19.9 Å². The fourth-order valence-corrected chi connectivity index (χ4v) is 1.48. The van der Waals surface area contributed by atoms with Gasteiger partial charge in [-0.3, -0.25) is 0 Å². The lowest BCUT2D eigenvalue weighted by Gasteiger charge is -1.95. The van der Waals surface area contributed by atoms with E-state index >= 15 is 0 Å². The minimum Gasteiger partial charge on any atom is -0.330 e. The monoisotopic (exact) mass is 159 g/mol. The van der Waals surface area contributed by atoms with E-state index in [0.29, 0.717) is 0 Å². The van der Waals surface area contributed by atoms with E-state index in [9.17, 15) is 0 Å². The van der Waals surface area contributed by atoms with Gasteiger partial charge in [-0.05, 0) is 32.6 Å². The zero-order chi connectivity index (χ0) is 7.82. The molecule has 0 aliphatic carbocycles. The summed E-state index contributed by atoms with van der Waals surface area (Å²) in [6.07, 6.45) is 3.39. The first-order chi connectivity index (χ1) is 4.77. The fourth-order valence-electron chi connectivity index (χ4n) is 0.494. The van der Waals surface area contributed by atoms with Crippen LogP contribution in [0.5, 0.6) is 0 Å². The molecule has 0 saturated heterocycles. The third-order valence-electron chi connectivity index (χ3n) is 1.10. The summed E-state index contributed by atoms with van der Waals surface area (Å²) in [6.45, 7) is 5.08. The van der Waals surface area contributed by atoms with Crippen LogP contribution in [0.1, 0.15) is 20.3 Å². The fraction of sp³-hybridized carbons (Fsp3) is 0.750. The number of hydrogen-bond donors (Lipinski definition) is 1. The minimum atomic E-state index is 0.821. The zero-order valence-electron chi connectivity index (χ0n) is 6.89. The molecule has 0 atom stereocenters. The van der Waals surface area contributed by atoms with Crippen molar-refractivity contribution in [1.82, 2.24) is 0 Å². The van der Waals surface area contributed by atoms with E-state index in [1.807, 2.05) is 11.8 Å². The molecule has 0 aliphatic rings. The van der Waals surface area contributed by atoms with Crippen LogP contribution in [0.4, 0.5) is 0 Å². The van der Waals surface area contributed by atoms with Crippen LogP contribution in [0.2, 0.25) is 0 Å². The van der Waals surface area contributed by atoms with Crippen molar-refractivity contribution in [1.29, 1.82) is 0 Å². The Hall–Kier alpha value is 0.0500. The molecule has 0 saturated carbocycles. The van der Waals surface area contributed by atoms with E-state index in [4.69, 9.17) is 5.73 Å². The highest BCUT2D eigenvalue weighted by molar-refractivity contribution is 7.99. The van der Waals surface area contributed by atoms with Crippen molar-refractivity contribution in [2.45, 2.75) is 20.3 Å². The molecule has 0 aliphatic heterocycles. The summed E-state index contributed by atoms with van der Waals surface area (Å²) in [5.74, 6) is 2.34. The first-order valence-electron chi connectivity index (χ1n) is 3.68. The highest BCUT2D eigenvalue weighted by Crippen LogP contribution is 2.03. The predicted octanol–water partition coefficient (Wildman–Crippen LogP) is 2.03. The van der Waals surface area contributed by atoms with Gasteiger partial charge in [0.25, 0.3) is 0 Å². The van der Waals surface area contributed by atoms with Crippen LogP contribution in [0.25, 0.3) is 0 Å². The first-order valence-corrected chi connectivity index (χ1v) is 4.84. The average Bonchev–Trinajstić information content (AvgIpc) is 1.87. The van der Waals surface area contributed by atoms with Gasteiger partial charge in [-0.15, -0.1) is 0 Å². The summed E-state index contributed by atoms with van der Waals surface area (Å²) in [6, 6.07) is 0. The molecule has 0 bridgehead atoms. The number of hydrogen-bond acceptors (Lipinski definition) is 2. The van der Waals surface area contributed by atoms with Gasteiger partial charge in [-0.25, -0.2) is 0 Å². The summed E-state index contributed by atoms with van der Waals surface area (Å²) in [5.41, 5.74) is 6.74. The quantitative estimate of drug-likeness (QED) is 0.490. The highest BCUT2D eigenvalue weighted by Gasteiger charge is 1.84. The van der Waals surface area contributed by atoms with E-state index in [1.54, 1.807) is 0 Å². The van der Waals surface area contributed by atoms with E-state index in [0.717, 1.165) is 18.7 Å². The molecule has 0 spiro atoms. The Morgan fingerprint density at radius 1 is 1.50 bits per heavy atom. The molecule has 60 valence electrons. The summed E-state index contributed by atoms with van der Waals surface area (Å²) in [5, 5.41) is 0. The average molecular weight is 159 g/mol. The molecule has 0 aromatic carbocycles. The second-order valence-electron chi connectivity index (χ2n) is 2.50. The molecule has 2 heteroatoms. The molecule has 2 N–H and O–H groups in total. The molecule has 0 unspecified atom stereocenters. The Morgan fingerprint density at radius 2 is 2.20 bits per heavy atom. The van der Waals surface area contributed by atoms with Gasteiger partial charge in [0.05, 0.1) is 0 Å². The lowest BCUT2D eigenvalue weighted by atomic mass is 10.3. The molecule has 10 heavy (non-hydrogen) atoms. The van der Waals surface area contributed by atoms with E-state index in [1.165, 1.54) is 11.3 Å². The normalized spacial score (nSPS) is 9.50. The maximum atomic E-state index is 5.34. The Labute approximate surface area is 68.1 Å². The topological polar surface area (TPSA) is 26.0 Å². The molecule has 0 rings (SSSR count). The van der Waals surface area contributed by atoms with Crippen LogP contribution in [-0.2, 0) is 0 Å². The minimum absolute atomic E-state index is 0.821. The van der Waals surface area contributed by atoms with Gasteiger partial charge >= 0.3 is 0 Å². The van der Waals surface area contributed by atoms with Gasteiger partial charge < -0.3 is 5.73 Å². The van der Waals surface area contributed by atoms with Gasteiger partial charge in [0, 0.05) is 5.75 Å². The number of thioether (sulfide) groups is 1. The van der Waals surface area contributed by atoms with Crippen LogP contribution in [0.15, 0.2) is 11.6 Å². The van der Waals surface area contributed by atoms with Gasteiger partial charge in [-0.1, -0.05) is 11.6 Å². The Morgan fingerprint density at radius 3 is 2.70 bits per heavy atom. The summed E-state index contributed by atoms with van der Waals surface area (Å²) in [4.78, 5) is 0. The second-order valence-corrected chi connectivity index (χ2v) is 3.65. The molecule has 0 aromatic rings. The lowest BCUT2D eigenvalue weighted by molar-refractivity contribution is 0.944. The second kappa shape index (κ2) is 7.16. The molecular weight excluding hydrogens is 142 g/mol. The van der Waals surface area contributed by atoms with Crippen molar-refractivity contribution in [3.63, 3.8) is 0 Å². The van der Waals surface area contributed by atoms with Crippen LogP contribution < -0.4 is 5.73 Å². The molecule has 0 heterocycles. The van der Waals surface area contributed by atoms with Gasteiger partial charge in [-0.2, -0.15) is 11.8 Å². The Kier molecular flexibility index (Phi) is 7.20. The molecular formula is C8H17NS. The highest BCUT2D eigenvalue weighted by atomic mass is 32.2. The Bertz CT molecular complexity index is 95.4. The summed E-state index contributed by atoms with van der Waals surface area (Å²) in [7, 11) is 0. The number of rotatable bonds is 5. The summed E-state index contributed by atoms with van der Waals surface area (Å²) < 4.78 is 0. The largest absolute Gasteiger partial charge is 0.330 e. The predicted molar refractivity (Wildman–Crippen MR) is 50.4 cm³/mol. The Balaban J connectivity index is 2.98. The molecule has 1 nitrogen and oxygen atoms in total. The van der Waals surface area contributed by atoms with Crippen LogP contribution in [0, 0.1) is 0 Å². The van der Waals surface area contributed by atoms with Crippen LogP contribution in [-0.4, -0.2) is 18.1 Å². The van der Waals surface area contributed by atoms with Crippen molar-refractivity contribution < 1.29 is 0 Å². The SMILES string of the molecule is CC(C)=CCSCCCN. The number of allylic oxidation sites excluding steroid dienone is 1. The van der Waals surface area contributed by atoms with Crippen molar-refractivity contribution in [2.24, 2.45) is 5.73 Å². The lowest BCUT2D eigenvalue weighted by Crippen LogP contribution is -1.99. The zero-order valence-corrected chi connectivity index (χ0v) is 7.71. The van der Waals surface area contributed by atoms with Crippen LogP contribution in [0.3, 0.4) is 0 Å². The van der Waals surface area contributed by atoms with Crippen molar-refractivity contribution >= 4 is 11.8 Å². The van der Waals surface area contributed by atoms with Crippen molar-refractivity contribution in [2.75, 3.05) is 18.1 Å². The van der Waals surface area contributed by atoms with Crippen molar-refractivity contribution in [3.05, 3.63) is 11.6 Å². The third-order valence-corrected chi connectivity index (χ3v) is 2.08. The molecule has 0 amide bonds. The maximum Gasteiger partial charge on any atom is 0.0115 e. The molecule has 0 radical (unpaired) electrons. The summed E-state index contributed by atoms with van der Waals surface area (Å²) >= 11 is 1.95. The van der Waals surface area contributed by atoms with Gasteiger partial charge in [0.1, 0.15) is 0 Å². The van der Waals surface area contributed by atoms with E-state index in [-0.39, 0.29) is 0 Å². The third kappa shape index (κ3) is 8.05. The van der Waals surface area contributed by atoms with Crippen LogP contribution >= 0.6 is 11.8 Å². The molecule has 0 aromatic heterocycles.